The number of nitrogens with one attached hydrogen (secondary N) is 1. The van der Waals surface area contributed by atoms with Crippen molar-refractivity contribution in [3.05, 3.63) is 24.3 Å². The molecule has 0 heterocycles. The van der Waals surface area contributed by atoms with Gasteiger partial charge in [0.1, 0.15) is 6.04 Å². The zero-order chi connectivity index (χ0) is 12.8. The minimum absolute atomic E-state index is 0.0772. The van der Waals surface area contributed by atoms with E-state index in [1.165, 1.54) is 19.1 Å². The third-order valence-electron chi connectivity index (χ3n) is 1.97. The summed E-state index contributed by atoms with van der Waals surface area (Å²) >= 11 is 0. The number of benzene rings is 1. The average Bonchev–Trinajstić information content (AvgIpc) is 2.27. The van der Waals surface area contributed by atoms with Crippen LogP contribution in [0.25, 0.3) is 0 Å². The molecular formula is C11H13NO5. The Hall–Kier alpha value is -2.24. The molecule has 17 heavy (non-hydrogen) atoms. The number of hydrogen-bond acceptors (Lipinski definition) is 4. The van der Waals surface area contributed by atoms with Crippen LogP contribution in [0.4, 0.5) is 0 Å². The largest absolute Gasteiger partial charge is 0.504 e. The fourth-order valence-electron chi connectivity index (χ4n) is 1.07. The van der Waals surface area contributed by atoms with Crippen molar-refractivity contribution in [1.82, 2.24) is 5.32 Å². The molecule has 0 saturated heterocycles. The second kappa shape index (κ2) is 5.74. The molecule has 1 aromatic rings. The number of carboxylic acid groups (broad SMARTS) is 1. The number of phenols is 1. The predicted octanol–water partition coefficient (Wildman–Crippen LogP) is 0.360. The Labute approximate surface area is 97.8 Å². The Kier molecular flexibility index (Phi) is 4.33. The lowest BCUT2D eigenvalue weighted by Crippen LogP contribution is -2.40. The molecule has 0 aromatic heterocycles. The van der Waals surface area contributed by atoms with E-state index < -0.39 is 17.9 Å². The second-order valence-corrected chi connectivity index (χ2v) is 3.38. The fraction of sp³-hybridized carbons (Fsp3) is 0.273. The summed E-state index contributed by atoms with van der Waals surface area (Å²) in [7, 11) is 0. The molecule has 1 amide bonds. The van der Waals surface area contributed by atoms with Crippen LogP contribution in [-0.4, -0.2) is 34.7 Å². The molecule has 1 aromatic carbocycles. The number of carbonyl (C=O) groups is 2. The lowest BCUT2D eigenvalue weighted by molar-refractivity contribution is -0.141. The zero-order valence-electron chi connectivity index (χ0n) is 9.21. The van der Waals surface area contributed by atoms with Crippen molar-refractivity contribution in [1.29, 1.82) is 0 Å². The molecule has 1 rings (SSSR count). The van der Waals surface area contributed by atoms with Crippen LogP contribution in [0.3, 0.4) is 0 Å². The second-order valence-electron chi connectivity index (χ2n) is 3.38. The molecule has 0 aliphatic carbocycles. The monoisotopic (exact) mass is 239 g/mol. The number of phenolic OH excluding ortho intramolecular Hbond substituents is 1. The molecule has 1 atom stereocenters. The summed E-state index contributed by atoms with van der Waals surface area (Å²) in [6.45, 7) is 0.995. The minimum Gasteiger partial charge on any atom is -0.504 e. The highest BCUT2D eigenvalue weighted by Gasteiger charge is 2.14. The summed E-state index contributed by atoms with van der Waals surface area (Å²) in [5, 5.41) is 20.1. The first-order valence-electron chi connectivity index (χ1n) is 4.93. The van der Waals surface area contributed by atoms with Crippen molar-refractivity contribution < 1.29 is 24.5 Å². The number of para-hydroxylation sites is 2. The number of hydrogen-bond donors (Lipinski definition) is 3. The molecule has 0 aliphatic heterocycles. The molecule has 92 valence electrons. The van der Waals surface area contributed by atoms with Gasteiger partial charge in [-0.2, -0.15) is 0 Å². The summed E-state index contributed by atoms with van der Waals surface area (Å²) in [4.78, 5) is 21.7. The number of ether oxygens (including phenoxy) is 1. The molecule has 0 unspecified atom stereocenters. The maximum Gasteiger partial charge on any atom is 0.325 e. The van der Waals surface area contributed by atoms with Gasteiger partial charge in [0.05, 0.1) is 0 Å². The van der Waals surface area contributed by atoms with Crippen LogP contribution in [0.2, 0.25) is 0 Å². The van der Waals surface area contributed by atoms with Gasteiger partial charge >= 0.3 is 5.97 Å². The van der Waals surface area contributed by atoms with E-state index in [1.54, 1.807) is 12.1 Å². The van der Waals surface area contributed by atoms with E-state index in [0.717, 1.165) is 0 Å². The van der Waals surface area contributed by atoms with Gasteiger partial charge in [0.15, 0.2) is 18.1 Å². The third kappa shape index (κ3) is 4.02. The van der Waals surface area contributed by atoms with E-state index in [1.807, 2.05) is 0 Å². The number of amides is 1. The molecule has 0 radical (unpaired) electrons. The van der Waals surface area contributed by atoms with Crippen LogP contribution in [0.15, 0.2) is 24.3 Å². The van der Waals surface area contributed by atoms with Crippen molar-refractivity contribution in [3.63, 3.8) is 0 Å². The lowest BCUT2D eigenvalue weighted by atomic mass is 10.3. The van der Waals surface area contributed by atoms with Crippen LogP contribution in [0, 0.1) is 0 Å². The van der Waals surface area contributed by atoms with Gasteiger partial charge in [-0.1, -0.05) is 12.1 Å². The summed E-state index contributed by atoms with van der Waals surface area (Å²) < 4.78 is 5.02. The first-order chi connectivity index (χ1) is 8.00. The van der Waals surface area contributed by atoms with Gasteiger partial charge in [-0.25, -0.2) is 0 Å². The van der Waals surface area contributed by atoms with Crippen molar-refractivity contribution >= 4 is 11.9 Å². The highest BCUT2D eigenvalue weighted by atomic mass is 16.5. The fourth-order valence-corrected chi connectivity index (χ4v) is 1.07. The standard InChI is InChI=1S/C11H13NO5/c1-7(11(15)16)12-10(14)6-17-9-5-3-2-4-8(9)13/h2-5,7,13H,6H2,1H3,(H,12,14)(H,15,16)/t7-/m0/s1. The van der Waals surface area contributed by atoms with Gasteiger partial charge in [0, 0.05) is 0 Å². The van der Waals surface area contributed by atoms with Crippen LogP contribution in [0.5, 0.6) is 11.5 Å². The molecular weight excluding hydrogens is 226 g/mol. The number of carboxylic acids is 1. The molecule has 0 spiro atoms. The molecule has 0 fully saturated rings. The molecule has 0 bridgehead atoms. The van der Waals surface area contributed by atoms with E-state index in [4.69, 9.17) is 9.84 Å². The van der Waals surface area contributed by atoms with Crippen LogP contribution < -0.4 is 10.1 Å². The van der Waals surface area contributed by atoms with Crippen molar-refractivity contribution in [2.75, 3.05) is 6.61 Å². The summed E-state index contributed by atoms with van der Waals surface area (Å²) in [6, 6.07) is 5.22. The Bertz CT molecular complexity index is 418. The summed E-state index contributed by atoms with van der Waals surface area (Å²) in [5.41, 5.74) is 0. The van der Waals surface area contributed by atoms with Gasteiger partial charge in [-0.05, 0) is 19.1 Å². The van der Waals surface area contributed by atoms with Gasteiger partial charge in [-0.15, -0.1) is 0 Å². The van der Waals surface area contributed by atoms with Crippen LogP contribution in [0.1, 0.15) is 6.92 Å². The minimum atomic E-state index is -1.12. The highest BCUT2D eigenvalue weighted by Crippen LogP contribution is 2.23. The summed E-state index contributed by atoms with van der Waals surface area (Å²) in [6.07, 6.45) is 0. The topological polar surface area (TPSA) is 95.9 Å². The van der Waals surface area contributed by atoms with Crippen LogP contribution >= 0.6 is 0 Å². The van der Waals surface area contributed by atoms with Gasteiger partial charge in [0.2, 0.25) is 0 Å². The van der Waals surface area contributed by atoms with Crippen LogP contribution in [-0.2, 0) is 9.59 Å². The molecule has 3 N–H and O–H groups in total. The van der Waals surface area contributed by atoms with E-state index in [-0.39, 0.29) is 18.1 Å². The van der Waals surface area contributed by atoms with Gasteiger partial charge in [-0.3, -0.25) is 9.59 Å². The first kappa shape index (κ1) is 12.8. The maximum absolute atomic E-state index is 11.3. The number of carbonyl (C=O) groups excluding carboxylic acids is 1. The highest BCUT2D eigenvalue weighted by molar-refractivity contribution is 5.84. The quantitative estimate of drug-likeness (QED) is 0.689. The molecule has 0 aliphatic rings. The SMILES string of the molecule is C[C@H](NC(=O)COc1ccccc1O)C(=O)O. The average molecular weight is 239 g/mol. The van der Waals surface area contributed by atoms with Crippen molar-refractivity contribution in [2.24, 2.45) is 0 Å². The Morgan fingerprint density at radius 1 is 1.41 bits per heavy atom. The van der Waals surface area contributed by atoms with Crippen molar-refractivity contribution in [2.45, 2.75) is 13.0 Å². The Morgan fingerprint density at radius 3 is 2.65 bits per heavy atom. The predicted molar refractivity (Wildman–Crippen MR) is 58.8 cm³/mol. The molecule has 0 saturated carbocycles. The van der Waals surface area contributed by atoms with E-state index >= 15 is 0 Å². The van der Waals surface area contributed by atoms with E-state index in [2.05, 4.69) is 5.32 Å². The normalized spacial score (nSPS) is 11.6. The molecule has 6 heteroatoms. The third-order valence-corrected chi connectivity index (χ3v) is 1.97. The summed E-state index contributed by atoms with van der Waals surface area (Å²) in [5.74, 6) is -1.60. The number of aromatic hydroxyl groups is 1. The maximum atomic E-state index is 11.3. The number of rotatable bonds is 5. The Morgan fingerprint density at radius 2 is 2.06 bits per heavy atom. The Balaban J connectivity index is 2.44. The van der Waals surface area contributed by atoms with E-state index in [0.29, 0.717) is 0 Å². The van der Waals surface area contributed by atoms with E-state index in [9.17, 15) is 14.7 Å². The lowest BCUT2D eigenvalue weighted by Gasteiger charge is -2.10. The smallest absolute Gasteiger partial charge is 0.325 e. The van der Waals surface area contributed by atoms with Crippen molar-refractivity contribution in [3.8, 4) is 11.5 Å². The first-order valence-corrected chi connectivity index (χ1v) is 4.93. The number of aliphatic carboxylic acids is 1. The van der Waals surface area contributed by atoms with Gasteiger partial charge < -0.3 is 20.3 Å². The van der Waals surface area contributed by atoms with Gasteiger partial charge in [0.25, 0.3) is 5.91 Å². The zero-order valence-corrected chi connectivity index (χ0v) is 9.21. The molecule has 6 nitrogen and oxygen atoms in total.